The summed E-state index contributed by atoms with van der Waals surface area (Å²) < 4.78 is 29.6. The van der Waals surface area contributed by atoms with Gasteiger partial charge < -0.3 is 10.1 Å². The maximum Gasteiger partial charge on any atom is 0.307 e. The quantitative estimate of drug-likeness (QED) is 0.685. The van der Waals surface area contributed by atoms with Gasteiger partial charge in [-0.15, -0.1) is 0 Å². The third kappa shape index (κ3) is 6.20. The zero-order valence-electron chi connectivity index (χ0n) is 16.3. The summed E-state index contributed by atoms with van der Waals surface area (Å²) in [5.41, 5.74) is 2.80. The molecule has 0 aliphatic carbocycles. The molecular formula is C21H25NO5S. The van der Waals surface area contributed by atoms with Crippen LogP contribution in [0.4, 0.5) is 0 Å². The number of nitrogens with one attached hydrogen (secondary N) is 1. The molecule has 0 aliphatic rings. The van der Waals surface area contributed by atoms with E-state index in [1.807, 2.05) is 51.1 Å². The molecule has 0 radical (unpaired) electrons. The summed E-state index contributed by atoms with van der Waals surface area (Å²) >= 11 is 0. The van der Waals surface area contributed by atoms with Gasteiger partial charge in [-0.3, -0.25) is 9.59 Å². The lowest BCUT2D eigenvalue weighted by molar-refractivity contribution is -0.148. The second-order valence-corrected chi connectivity index (χ2v) is 8.78. The van der Waals surface area contributed by atoms with Crippen molar-refractivity contribution in [3.05, 3.63) is 65.2 Å². The Labute approximate surface area is 165 Å². The molecule has 1 atom stereocenters. The number of carbonyl (C=O) groups is 2. The standard InChI is InChI=1S/C21H25NO5S/c1-15-9-10-19(13-16(15)2)28(25,26)12-11-21(24)27-14-20(23)22-17(3)18-7-5-4-6-8-18/h4-10,13,17H,11-12,14H2,1-3H3,(H,22,23)/t17-/m0/s1. The van der Waals surface area contributed by atoms with Crippen LogP contribution < -0.4 is 5.32 Å². The van der Waals surface area contributed by atoms with Crippen molar-refractivity contribution in [1.82, 2.24) is 5.32 Å². The van der Waals surface area contributed by atoms with Crippen LogP contribution in [0.5, 0.6) is 0 Å². The molecule has 2 rings (SSSR count). The Balaban J connectivity index is 1.80. The number of sulfone groups is 1. The summed E-state index contributed by atoms with van der Waals surface area (Å²) in [6.07, 6.45) is -0.309. The summed E-state index contributed by atoms with van der Waals surface area (Å²) in [5, 5.41) is 2.73. The highest BCUT2D eigenvalue weighted by Gasteiger charge is 2.18. The van der Waals surface area contributed by atoms with Gasteiger partial charge in [0.2, 0.25) is 0 Å². The molecule has 0 bridgehead atoms. The Kier molecular flexibility index (Phi) is 7.34. The predicted octanol–water partition coefficient (Wildman–Crippen LogP) is 2.89. The fourth-order valence-corrected chi connectivity index (χ4v) is 3.87. The summed E-state index contributed by atoms with van der Waals surface area (Å²) in [6, 6.07) is 14.0. The molecule has 1 N–H and O–H groups in total. The van der Waals surface area contributed by atoms with Crippen molar-refractivity contribution in [1.29, 1.82) is 0 Å². The van der Waals surface area contributed by atoms with E-state index in [1.165, 1.54) is 6.07 Å². The first-order chi connectivity index (χ1) is 13.2. The van der Waals surface area contributed by atoms with Gasteiger partial charge in [0.25, 0.3) is 5.91 Å². The van der Waals surface area contributed by atoms with E-state index in [2.05, 4.69) is 5.32 Å². The molecule has 0 fully saturated rings. The zero-order valence-corrected chi connectivity index (χ0v) is 17.1. The third-order valence-corrected chi connectivity index (χ3v) is 6.17. The van der Waals surface area contributed by atoms with E-state index in [1.54, 1.807) is 12.1 Å². The summed E-state index contributed by atoms with van der Waals surface area (Å²) in [6.45, 7) is 5.11. The molecule has 0 saturated heterocycles. The number of benzene rings is 2. The van der Waals surface area contributed by atoms with Gasteiger partial charge in [0.1, 0.15) is 0 Å². The SMILES string of the molecule is Cc1ccc(S(=O)(=O)CCC(=O)OCC(=O)N[C@@H](C)c2ccccc2)cc1C. The lowest BCUT2D eigenvalue weighted by Gasteiger charge is -2.14. The molecule has 2 aromatic rings. The van der Waals surface area contributed by atoms with Gasteiger partial charge in [-0.25, -0.2) is 8.42 Å². The molecule has 6 nitrogen and oxygen atoms in total. The molecule has 0 unspecified atom stereocenters. The average Bonchev–Trinajstić information content (AvgIpc) is 2.67. The second-order valence-electron chi connectivity index (χ2n) is 6.68. The number of ether oxygens (including phenoxy) is 1. The summed E-state index contributed by atoms with van der Waals surface area (Å²) in [7, 11) is -3.59. The van der Waals surface area contributed by atoms with Crippen LogP contribution >= 0.6 is 0 Å². The van der Waals surface area contributed by atoms with Gasteiger partial charge in [0, 0.05) is 0 Å². The van der Waals surface area contributed by atoms with Crippen LogP contribution in [-0.2, 0) is 24.2 Å². The first-order valence-corrected chi connectivity index (χ1v) is 10.6. The third-order valence-electron chi connectivity index (χ3n) is 4.45. The number of rotatable bonds is 8. The van der Waals surface area contributed by atoms with Crippen LogP contribution in [0, 0.1) is 13.8 Å². The molecule has 2 aromatic carbocycles. The number of amides is 1. The Hall–Kier alpha value is -2.67. The van der Waals surface area contributed by atoms with E-state index in [9.17, 15) is 18.0 Å². The Morgan fingerprint density at radius 2 is 1.71 bits per heavy atom. The van der Waals surface area contributed by atoms with Crippen molar-refractivity contribution in [2.24, 2.45) is 0 Å². The van der Waals surface area contributed by atoms with E-state index in [-0.39, 0.29) is 23.1 Å². The fourth-order valence-electron chi connectivity index (χ4n) is 2.57. The Morgan fingerprint density at radius 3 is 2.36 bits per heavy atom. The number of hydrogen-bond donors (Lipinski definition) is 1. The number of hydrogen-bond acceptors (Lipinski definition) is 5. The lowest BCUT2D eigenvalue weighted by atomic mass is 10.1. The van der Waals surface area contributed by atoms with Crippen LogP contribution in [0.2, 0.25) is 0 Å². The van der Waals surface area contributed by atoms with Gasteiger partial charge in [0.05, 0.1) is 23.1 Å². The maximum atomic E-state index is 12.4. The molecule has 7 heteroatoms. The Morgan fingerprint density at radius 1 is 1.04 bits per heavy atom. The lowest BCUT2D eigenvalue weighted by Crippen LogP contribution is -2.31. The van der Waals surface area contributed by atoms with Gasteiger partial charge in [0.15, 0.2) is 16.4 Å². The molecule has 0 aliphatic heterocycles. The van der Waals surface area contributed by atoms with E-state index in [0.29, 0.717) is 0 Å². The second kappa shape index (κ2) is 9.50. The molecule has 28 heavy (non-hydrogen) atoms. The molecule has 1 amide bonds. The number of aryl methyl sites for hydroxylation is 2. The van der Waals surface area contributed by atoms with Crippen LogP contribution in [0.3, 0.4) is 0 Å². The van der Waals surface area contributed by atoms with Crippen molar-refractivity contribution in [2.75, 3.05) is 12.4 Å². The molecule has 150 valence electrons. The zero-order chi connectivity index (χ0) is 20.7. The highest BCUT2D eigenvalue weighted by Crippen LogP contribution is 2.17. The minimum absolute atomic E-state index is 0.179. The predicted molar refractivity (Wildman–Crippen MR) is 107 cm³/mol. The van der Waals surface area contributed by atoms with Crippen molar-refractivity contribution in [2.45, 2.75) is 38.1 Å². The van der Waals surface area contributed by atoms with Crippen LogP contribution in [-0.4, -0.2) is 32.7 Å². The largest absolute Gasteiger partial charge is 0.456 e. The molecule has 0 spiro atoms. The van der Waals surface area contributed by atoms with Crippen molar-refractivity contribution >= 4 is 21.7 Å². The minimum Gasteiger partial charge on any atom is -0.456 e. The van der Waals surface area contributed by atoms with Crippen molar-refractivity contribution < 1.29 is 22.7 Å². The maximum absolute atomic E-state index is 12.4. The smallest absolute Gasteiger partial charge is 0.307 e. The molecule has 0 aromatic heterocycles. The van der Waals surface area contributed by atoms with E-state index >= 15 is 0 Å². The highest BCUT2D eigenvalue weighted by molar-refractivity contribution is 7.91. The van der Waals surface area contributed by atoms with E-state index in [0.717, 1.165) is 16.7 Å². The van der Waals surface area contributed by atoms with Crippen molar-refractivity contribution in [3.63, 3.8) is 0 Å². The first-order valence-electron chi connectivity index (χ1n) is 8.99. The summed E-state index contributed by atoms with van der Waals surface area (Å²) in [5.74, 6) is -1.53. The van der Waals surface area contributed by atoms with Gasteiger partial charge in [-0.05, 0) is 49.6 Å². The van der Waals surface area contributed by atoms with Crippen molar-refractivity contribution in [3.8, 4) is 0 Å². The van der Waals surface area contributed by atoms with Gasteiger partial charge in [-0.1, -0.05) is 36.4 Å². The number of carbonyl (C=O) groups excluding carboxylic acids is 2. The fraction of sp³-hybridized carbons (Fsp3) is 0.333. The molecule has 0 saturated carbocycles. The minimum atomic E-state index is -3.59. The first kappa shape index (κ1) is 21.6. The van der Waals surface area contributed by atoms with Crippen LogP contribution in [0.15, 0.2) is 53.4 Å². The van der Waals surface area contributed by atoms with E-state index < -0.39 is 28.3 Å². The van der Waals surface area contributed by atoms with Gasteiger partial charge in [-0.2, -0.15) is 0 Å². The molecule has 0 heterocycles. The monoisotopic (exact) mass is 403 g/mol. The Bertz CT molecular complexity index is 939. The van der Waals surface area contributed by atoms with Crippen LogP contribution in [0.1, 0.15) is 36.1 Å². The van der Waals surface area contributed by atoms with E-state index in [4.69, 9.17) is 4.74 Å². The van der Waals surface area contributed by atoms with Crippen LogP contribution in [0.25, 0.3) is 0 Å². The van der Waals surface area contributed by atoms with Gasteiger partial charge >= 0.3 is 5.97 Å². The average molecular weight is 404 g/mol. The highest BCUT2D eigenvalue weighted by atomic mass is 32.2. The normalized spacial score (nSPS) is 12.2. The topological polar surface area (TPSA) is 89.5 Å². The summed E-state index contributed by atoms with van der Waals surface area (Å²) in [4.78, 5) is 23.9. The molecular weight excluding hydrogens is 378 g/mol. The number of esters is 1.